The molecule has 0 saturated carbocycles. The predicted molar refractivity (Wildman–Crippen MR) is 191 cm³/mol. The number of hydrogen-bond donors (Lipinski definition) is 0. The third-order valence-corrected chi connectivity index (χ3v) is 11.2. The van der Waals surface area contributed by atoms with Gasteiger partial charge in [-0.1, -0.05) is 6.07 Å². The molecular weight excluding hydrogens is 631 g/mol. The number of rotatable bonds is 4. The van der Waals surface area contributed by atoms with E-state index >= 15 is 0 Å². The average molecular weight is 656 g/mol. The maximum atomic E-state index is 6.58. The first-order valence-corrected chi connectivity index (χ1v) is 17.0. The van der Waals surface area contributed by atoms with Crippen molar-refractivity contribution in [3.8, 4) is 11.5 Å². The molecule has 0 atom stereocenters. The number of anilines is 3. The summed E-state index contributed by atoms with van der Waals surface area (Å²) in [4.78, 5) is 7.16. The third kappa shape index (κ3) is 3.89. The molecule has 3 aromatic heterocycles. The SMILES string of the molecule is c1ccc(N(c2ccc3c(c2)oc2c4ccccc4ccc32)c2ccc3c(c2)[se]c2cccc(-c4nc5ccccc5o4)c23)cc1. The van der Waals surface area contributed by atoms with E-state index in [9.17, 15) is 0 Å². The molecule has 0 aliphatic rings. The van der Waals surface area contributed by atoms with Crippen LogP contribution < -0.4 is 4.90 Å². The van der Waals surface area contributed by atoms with E-state index < -0.39 is 0 Å². The van der Waals surface area contributed by atoms with E-state index in [1.165, 1.54) is 24.7 Å². The van der Waals surface area contributed by atoms with E-state index in [1.54, 1.807) is 0 Å². The van der Waals surface area contributed by atoms with E-state index in [0.717, 1.165) is 61.1 Å². The zero-order valence-electron chi connectivity index (χ0n) is 24.5. The quantitative estimate of drug-likeness (QED) is 0.177. The number of benzene rings is 7. The van der Waals surface area contributed by atoms with Crippen LogP contribution in [0.15, 0.2) is 154 Å². The molecule has 0 unspecified atom stereocenters. The summed E-state index contributed by atoms with van der Waals surface area (Å²) in [6.07, 6.45) is 0. The number of fused-ring (bicyclic) bond motifs is 9. The van der Waals surface area contributed by atoms with Gasteiger partial charge in [0.05, 0.1) is 0 Å². The first-order valence-electron chi connectivity index (χ1n) is 15.3. The van der Waals surface area contributed by atoms with Gasteiger partial charge in [0.25, 0.3) is 0 Å². The molecule has 216 valence electrons. The molecule has 7 aromatic carbocycles. The zero-order chi connectivity index (χ0) is 30.2. The Labute approximate surface area is 269 Å². The molecule has 0 radical (unpaired) electrons. The first-order chi connectivity index (χ1) is 22.8. The second kappa shape index (κ2) is 9.95. The van der Waals surface area contributed by atoms with Crippen molar-refractivity contribution in [2.24, 2.45) is 0 Å². The third-order valence-electron chi connectivity index (χ3n) is 8.88. The Kier molecular flexibility index (Phi) is 5.56. The predicted octanol–water partition coefficient (Wildman–Crippen LogP) is 11.4. The summed E-state index contributed by atoms with van der Waals surface area (Å²) in [7, 11) is 0. The second-order valence-corrected chi connectivity index (χ2v) is 13.8. The summed E-state index contributed by atoms with van der Waals surface area (Å²) in [5, 5.41) is 7.06. The first kappa shape index (κ1) is 25.7. The van der Waals surface area contributed by atoms with Crippen LogP contribution in [0.2, 0.25) is 0 Å². The summed E-state index contributed by atoms with van der Waals surface area (Å²) in [5.74, 6) is 0.670. The fourth-order valence-electron chi connectivity index (χ4n) is 6.78. The van der Waals surface area contributed by atoms with Crippen LogP contribution in [-0.2, 0) is 0 Å². The molecule has 0 bridgehead atoms. The summed E-state index contributed by atoms with van der Waals surface area (Å²) >= 11 is 0.148. The van der Waals surface area contributed by atoms with E-state index in [1.807, 2.05) is 24.3 Å². The molecule has 0 aliphatic carbocycles. The van der Waals surface area contributed by atoms with Crippen molar-refractivity contribution in [1.82, 2.24) is 4.98 Å². The fourth-order valence-corrected chi connectivity index (χ4v) is 9.22. The van der Waals surface area contributed by atoms with E-state index in [-0.39, 0.29) is 14.5 Å². The van der Waals surface area contributed by atoms with Crippen LogP contribution in [0.1, 0.15) is 0 Å². The van der Waals surface area contributed by atoms with Crippen molar-refractivity contribution >= 4 is 94.7 Å². The van der Waals surface area contributed by atoms with Crippen LogP contribution >= 0.6 is 0 Å². The molecular formula is C41H24N2O2Se. The molecule has 4 nitrogen and oxygen atoms in total. The molecule has 10 aromatic rings. The Hall–Kier alpha value is -5.61. The summed E-state index contributed by atoms with van der Waals surface area (Å²) in [6, 6.07) is 51.2. The van der Waals surface area contributed by atoms with Crippen LogP contribution in [0.3, 0.4) is 0 Å². The van der Waals surface area contributed by atoms with Crippen molar-refractivity contribution in [2.75, 3.05) is 4.90 Å². The van der Waals surface area contributed by atoms with Gasteiger partial charge in [0, 0.05) is 0 Å². The van der Waals surface area contributed by atoms with Crippen molar-refractivity contribution in [3.05, 3.63) is 146 Å². The van der Waals surface area contributed by atoms with Gasteiger partial charge in [-0.05, 0) is 0 Å². The van der Waals surface area contributed by atoms with E-state index in [4.69, 9.17) is 13.8 Å². The number of oxazole rings is 1. The minimum atomic E-state index is 0.148. The standard InChI is InChI=1S/C41H24N2O2Se/c1-2-10-26(11-3-1)43(27-18-21-30-31-20-17-25-9-4-5-12-29(25)40(31)44-36(30)23-27)28-19-22-32-38(24-28)46-37-16-8-13-33(39(32)37)41-42-34-14-6-7-15-35(34)45-41/h1-24H. The van der Waals surface area contributed by atoms with Crippen LogP contribution in [0.4, 0.5) is 17.1 Å². The van der Waals surface area contributed by atoms with Crippen LogP contribution in [-0.4, -0.2) is 19.5 Å². The Morgan fingerprint density at radius 3 is 2.20 bits per heavy atom. The molecule has 0 saturated heterocycles. The van der Waals surface area contributed by atoms with Gasteiger partial charge in [0.1, 0.15) is 0 Å². The number of furan rings is 1. The van der Waals surface area contributed by atoms with Crippen LogP contribution in [0, 0.1) is 0 Å². The molecule has 10 rings (SSSR count). The normalized spacial score (nSPS) is 11.9. The zero-order valence-corrected chi connectivity index (χ0v) is 26.2. The monoisotopic (exact) mass is 656 g/mol. The molecule has 46 heavy (non-hydrogen) atoms. The summed E-state index contributed by atoms with van der Waals surface area (Å²) in [6.45, 7) is 0. The van der Waals surface area contributed by atoms with Crippen molar-refractivity contribution < 1.29 is 8.83 Å². The van der Waals surface area contributed by atoms with Gasteiger partial charge in [-0.3, -0.25) is 0 Å². The average Bonchev–Trinajstić information content (AvgIpc) is 3.81. The number of para-hydroxylation sites is 3. The summed E-state index contributed by atoms with van der Waals surface area (Å²) < 4.78 is 15.5. The molecule has 0 N–H and O–H groups in total. The van der Waals surface area contributed by atoms with Gasteiger partial charge in [0.2, 0.25) is 0 Å². The molecule has 0 aliphatic heterocycles. The van der Waals surface area contributed by atoms with Gasteiger partial charge in [-0.25, -0.2) is 0 Å². The summed E-state index contributed by atoms with van der Waals surface area (Å²) in [5.41, 5.74) is 7.81. The van der Waals surface area contributed by atoms with E-state index in [2.05, 4.69) is 126 Å². The maximum absolute atomic E-state index is 6.58. The van der Waals surface area contributed by atoms with Crippen molar-refractivity contribution in [2.45, 2.75) is 0 Å². The second-order valence-electron chi connectivity index (χ2n) is 11.6. The van der Waals surface area contributed by atoms with Crippen LogP contribution in [0.25, 0.3) is 74.6 Å². The van der Waals surface area contributed by atoms with E-state index in [0.29, 0.717) is 5.89 Å². The fraction of sp³-hybridized carbons (Fsp3) is 0. The Morgan fingerprint density at radius 2 is 1.28 bits per heavy atom. The molecule has 0 amide bonds. The Bertz CT molecular complexity index is 2740. The molecule has 0 fully saturated rings. The van der Waals surface area contributed by atoms with Gasteiger partial charge in [0.15, 0.2) is 0 Å². The van der Waals surface area contributed by atoms with Crippen LogP contribution in [0.5, 0.6) is 0 Å². The van der Waals surface area contributed by atoms with Gasteiger partial charge >= 0.3 is 264 Å². The number of aromatic nitrogens is 1. The molecule has 3 heterocycles. The van der Waals surface area contributed by atoms with Crippen molar-refractivity contribution in [3.63, 3.8) is 0 Å². The minimum absolute atomic E-state index is 0.148. The topological polar surface area (TPSA) is 42.4 Å². The van der Waals surface area contributed by atoms with Crippen molar-refractivity contribution in [1.29, 1.82) is 0 Å². The number of hydrogen-bond acceptors (Lipinski definition) is 4. The Balaban J connectivity index is 1.15. The molecule has 0 spiro atoms. The van der Waals surface area contributed by atoms with Gasteiger partial charge in [-0.15, -0.1) is 0 Å². The van der Waals surface area contributed by atoms with Gasteiger partial charge < -0.3 is 0 Å². The number of nitrogens with zero attached hydrogens (tertiary/aromatic N) is 2. The van der Waals surface area contributed by atoms with Gasteiger partial charge in [-0.2, -0.15) is 0 Å². The molecule has 5 heteroatoms. The Morgan fingerprint density at radius 1 is 0.500 bits per heavy atom.